The summed E-state index contributed by atoms with van der Waals surface area (Å²) < 4.78 is 1.95. The zero-order valence-corrected chi connectivity index (χ0v) is 16.8. The lowest BCUT2D eigenvalue weighted by Gasteiger charge is -2.08. The van der Waals surface area contributed by atoms with Gasteiger partial charge in [-0.05, 0) is 47.0 Å². The van der Waals surface area contributed by atoms with Crippen LogP contribution in [0.25, 0.3) is 28.0 Å². The Hall–Kier alpha value is -4.25. The molecule has 0 unspecified atom stereocenters. The number of nitrogens with zero attached hydrogens (tertiary/aromatic N) is 3. The third-order valence-corrected chi connectivity index (χ3v) is 5.22. The van der Waals surface area contributed by atoms with Crippen molar-refractivity contribution in [3.8, 4) is 16.9 Å². The van der Waals surface area contributed by atoms with Crippen LogP contribution in [0, 0.1) is 0 Å². The van der Waals surface area contributed by atoms with Gasteiger partial charge in [0.15, 0.2) is 0 Å². The molecular weight excluding hydrogens is 384 g/mol. The van der Waals surface area contributed by atoms with Crippen LogP contribution in [0.5, 0.6) is 0 Å². The first-order valence-corrected chi connectivity index (χ1v) is 10.1. The van der Waals surface area contributed by atoms with Gasteiger partial charge in [-0.2, -0.15) is 0 Å². The van der Waals surface area contributed by atoms with Crippen molar-refractivity contribution in [1.82, 2.24) is 19.9 Å². The number of hydrogen-bond acceptors (Lipinski definition) is 3. The number of aromatic nitrogens is 3. The number of fused-ring (bicyclic) bond motifs is 1. The summed E-state index contributed by atoms with van der Waals surface area (Å²) in [7, 11) is 0. The van der Waals surface area contributed by atoms with Crippen molar-refractivity contribution in [3.05, 3.63) is 115 Å². The first-order chi connectivity index (χ1) is 15.3. The van der Waals surface area contributed by atoms with Crippen LogP contribution in [0.4, 0.5) is 0 Å². The molecule has 1 amide bonds. The standard InChI is InChI=1S/C26H20N4O/c31-26(22-13-11-21(12-14-22)20-6-2-1-3-7-20)28-17-19-10-15-25(27-16-19)30-18-29-23-8-4-5-9-24(23)30/h1-16,18H,17H2,(H,28,31). The highest BCUT2D eigenvalue weighted by Crippen LogP contribution is 2.19. The summed E-state index contributed by atoms with van der Waals surface area (Å²) in [5.41, 5.74) is 5.72. The molecule has 3 aromatic carbocycles. The maximum atomic E-state index is 12.5. The summed E-state index contributed by atoms with van der Waals surface area (Å²) in [6.45, 7) is 0.414. The van der Waals surface area contributed by atoms with Crippen LogP contribution in [0.15, 0.2) is 104 Å². The van der Waals surface area contributed by atoms with Gasteiger partial charge >= 0.3 is 0 Å². The Kier molecular flexibility index (Phi) is 4.99. The summed E-state index contributed by atoms with van der Waals surface area (Å²) in [6.07, 6.45) is 3.55. The Bertz CT molecular complexity index is 1320. The maximum absolute atomic E-state index is 12.5. The van der Waals surface area contributed by atoms with E-state index in [4.69, 9.17) is 0 Å². The van der Waals surface area contributed by atoms with Crippen molar-refractivity contribution in [2.24, 2.45) is 0 Å². The van der Waals surface area contributed by atoms with E-state index in [0.717, 1.165) is 33.5 Å². The number of para-hydroxylation sites is 2. The number of rotatable bonds is 5. The molecule has 5 rings (SSSR count). The predicted octanol–water partition coefficient (Wildman–Crippen LogP) is 5.02. The van der Waals surface area contributed by atoms with Gasteiger partial charge in [-0.3, -0.25) is 9.36 Å². The van der Waals surface area contributed by atoms with Crippen LogP contribution in [0.3, 0.4) is 0 Å². The molecule has 0 saturated carbocycles. The minimum atomic E-state index is -0.107. The number of carbonyl (C=O) groups excluding carboxylic acids is 1. The van der Waals surface area contributed by atoms with E-state index in [2.05, 4.69) is 27.4 Å². The van der Waals surface area contributed by atoms with Crippen molar-refractivity contribution in [3.63, 3.8) is 0 Å². The molecule has 5 heteroatoms. The zero-order valence-electron chi connectivity index (χ0n) is 16.8. The number of imidazole rings is 1. The number of benzene rings is 3. The van der Waals surface area contributed by atoms with Crippen molar-refractivity contribution in [1.29, 1.82) is 0 Å². The molecule has 31 heavy (non-hydrogen) atoms. The summed E-state index contributed by atoms with van der Waals surface area (Å²) in [4.78, 5) is 21.5. The Labute approximate surface area is 180 Å². The number of pyridine rings is 1. The number of carbonyl (C=O) groups is 1. The second-order valence-corrected chi connectivity index (χ2v) is 7.25. The second kappa shape index (κ2) is 8.24. The van der Waals surface area contributed by atoms with E-state index >= 15 is 0 Å². The fourth-order valence-corrected chi connectivity index (χ4v) is 3.53. The molecule has 2 heterocycles. The van der Waals surface area contributed by atoms with Crippen LogP contribution in [0.2, 0.25) is 0 Å². The summed E-state index contributed by atoms with van der Waals surface area (Å²) >= 11 is 0. The normalized spacial score (nSPS) is 10.8. The van der Waals surface area contributed by atoms with Gasteiger partial charge in [0.25, 0.3) is 5.91 Å². The third-order valence-electron chi connectivity index (χ3n) is 5.22. The van der Waals surface area contributed by atoms with Crippen LogP contribution in [-0.4, -0.2) is 20.4 Å². The van der Waals surface area contributed by atoms with Gasteiger partial charge in [0.2, 0.25) is 0 Å². The molecule has 5 aromatic rings. The van der Waals surface area contributed by atoms with Crippen LogP contribution >= 0.6 is 0 Å². The number of hydrogen-bond donors (Lipinski definition) is 1. The first kappa shape index (κ1) is 18.8. The predicted molar refractivity (Wildman–Crippen MR) is 122 cm³/mol. The van der Waals surface area contributed by atoms with Crippen LogP contribution in [0.1, 0.15) is 15.9 Å². The Morgan fingerprint density at radius 3 is 2.29 bits per heavy atom. The topological polar surface area (TPSA) is 59.8 Å². The Morgan fingerprint density at radius 1 is 0.774 bits per heavy atom. The van der Waals surface area contributed by atoms with Crippen molar-refractivity contribution in [2.75, 3.05) is 0 Å². The lowest BCUT2D eigenvalue weighted by molar-refractivity contribution is 0.0951. The average molecular weight is 404 g/mol. The molecule has 0 atom stereocenters. The Morgan fingerprint density at radius 2 is 1.52 bits per heavy atom. The van der Waals surface area contributed by atoms with Crippen molar-refractivity contribution < 1.29 is 4.79 Å². The van der Waals surface area contributed by atoms with Gasteiger partial charge in [-0.15, -0.1) is 0 Å². The fraction of sp³-hybridized carbons (Fsp3) is 0.0385. The Balaban J connectivity index is 1.24. The van der Waals surface area contributed by atoms with Crippen molar-refractivity contribution in [2.45, 2.75) is 6.54 Å². The smallest absolute Gasteiger partial charge is 0.251 e. The molecule has 0 spiro atoms. The number of nitrogens with one attached hydrogen (secondary N) is 1. The van der Waals surface area contributed by atoms with E-state index in [1.54, 1.807) is 12.5 Å². The zero-order chi connectivity index (χ0) is 21.0. The second-order valence-electron chi connectivity index (χ2n) is 7.25. The highest BCUT2D eigenvalue weighted by molar-refractivity contribution is 5.94. The molecule has 0 aliphatic carbocycles. The molecular formula is C26H20N4O. The molecule has 5 nitrogen and oxygen atoms in total. The molecule has 0 bridgehead atoms. The van der Waals surface area contributed by atoms with E-state index in [1.807, 2.05) is 83.4 Å². The fourth-order valence-electron chi connectivity index (χ4n) is 3.53. The van der Waals surface area contributed by atoms with E-state index in [-0.39, 0.29) is 5.91 Å². The van der Waals surface area contributed by atoms with Crippen molar-refractivity contribution >= 4 is 16.9 Å². The van der Waals surface area contributed by atoms with Crippen LogP contribution in [-0.2, 0) is 6.54 Å². The molecule has 1 N–H and O–H groups in total. The first-order valence-electron chi connectivity index (χ1n) is 10.1. The minimum absolute atomic E-state index is 0.107. The van der Waals surface area contributed by atoms with Crippen LogP contribution < -0.4 is 5.32 Å². The van der Waals surface area contributed by atoms with Gasteiger partial charge < -0.3 is 5.32 Å². The molecule has 150 valence electrons. The molecule has 0 saturated heterocycles. The van der Waals surface area contributed by atoms with Gasteiger partial charge in [-0.25, -0.2) is 9.97 Å². The van der Waals surface area contributed by atoms with Gasteiger partial charge in [0, 0.05) is 18.3 Å². The number of amides is 1. The van der Waals surface area contributed by atoms with E-state index in [0.29, 0.717) is 12.1 Å². The SMILES string of the molecule is O=C(NCc1ccc(-n2cnc3ccccc32)nc1)c1ccc(-c2ccccc2)cc1. The quantitative estimate of drug-likeness (QED) is 0.448. The monoisotopic (exact) mass is 404 g/mol. The highest BCUT2D eigenvalue weighted by Gasteiger charge is 2.08. The minimum Gasteiger partial charge on any atom is -0.348 e. The summed E-state index contributed by atoms with van der Waals surface area (Å²) in [5.74, 6) is 0.685. The largest absolute Gasteiger partial charge is 0.348 e. The van der Waals surface area contributed by atoms with Gasteiger partial charge in [0.1, 0.15) is 12.1 Å². The molecule has 0 aliphatic heterocycles. The molecule has 0 fully saturated rings. The lowest BCUT2D eigenvalue weighted by atomic mass is 10.0. The van der Waals surface area contributed by atoms with E-state index in [1.165, 1.54) is 0 Å². The molecule has 0 radical (unpaired) electrons. The summed E-state index contributed by atoms with van der Waals surface area (Å²) in [5, 5.41) is 2.96. The third kappa shape index (κ3) is 3.94. The van der Waals surface area contributed by atoms with E-state index < -0.39 is 0 Å². The summed E-state index contributed by atoms with van der Waals surface area (Å²) in [6, 6.07) is 29.6. The average Bonchev–Trinajstić information content (AvgIpc) is 3.28. The lowest BCUT2D eigenvalue weighted by Crippen LogP contribution is -2.22. The molecule has 2 aromatic heterocycles. The van der Waals surface area contributed by atoms with Gasteiger partial charge in [-0.1, -0.05) is 60.7 Å². The maximum Gasteiger partial charge on any atom is 0.251 e. The molecule has 0 aliphatic rings. The van der Waals surface area contributed by atoms with E-state index in [9.17, 15) is 4.79 Å². The highest BCUT2D eigenvalue weighted by atomic mass is 16.1. The van der Waals surface area contributed by atoms with Gasteiger partial charge in [0.05, 0.1) is 11.0 Å².